The number of methoxy groups -OCH3 is 1. The van der Waals surface area contributed by atoms with E-state index in [1.807, 2.05) is 26.0 Å². The molecule has 1 aromatic carbocycles. The average molecular weight is 281 g/mol. The Hall–Kier alpha value is -2.08. The zero-order valence-electron chi connectivity index (χ0n) is 11.8. The number of rotatable bonds is 7. The summed E-state index contributed by atoms with van der Waals surface area (Å²) in [5.74, 6) is -1.08. The Kier molecular flexibility index (Phi) is 5.99. The van der Waals surface area contributed by atoms with E-state index < -0.39 is 17.9 Å². The van der Waals surface area contributed by atoms with Crippen LogP contribution in [0.1, 0.15) is 11.1 Å². The van der Waals surface area contributed by atoms with Gasteiger partial charge in [-0.3, -0.25) is 4.79 Å². The molecule has 0 saturated heterocycles. The summed E-state index contributed by atoms with van der Waals surface area (Å²) in [5.41, 5.74) is 2.19. The lowest BCUT2D eigenvalue weighted by molar-refractivity contribution is -0.143. The summed E-state index contributed by atoms with van der Waals surface area (Å²) in [4.78, 5) is 22.4. The van der Waals surface area contributed by atoms with Gasteiger partial charge in [-0.05, 0) is 37.1 Å². The van der Waals surface area contributed by atoms with Crippen molar-refractivity contribution in [3.8, 4) is 5.75 Å². The number of nitrogens with one attached hydrogen (secondary N) is 1. The molecule has 6 nitrogen and oxygen atoms in total. The Morgan fingerprint density at radius 3 is 2.55 bits per heavy atom. The van der Waals surface area contributed by atoms with E-state index >= 15 is 0 Å². The molecule has 110 valence electrons. The molecule has 0 bridgehead atoms. The highest BCUT2D eigenvalue weighted by Crippen LogP contribution is 2.16. The molecule has 1 rings (SSSR count). The summed E-state index contributed by atoms with van der Waals surface area (Å²) in [7, 11) is 1.37. The lowest BCUT2D eigenvalue weighted by Gasteiger charge is -2.14. The van der Waals surface area contributed by atoms with Gasteiger partial charge >= 0.3 is 5.97 Å². The highest BCUT2D eigenvalue weighted by molar-refractivity contribution is 5.84. The third-order valence-electron chi connectivity index (χ3n) is 2.81. The van der Waals surface area contributed by atoms with Gasteiger partial charge in [-0.15, -0.1) is 0 Å². The van der Waals surface area contributed by atoms with Crippen LogP contribution < -0.4 is 10.1 Å². The van der Waals surface area contributed by atoms with Crippen LogP contribution in [0, 0.1) is 13.8 Å². The van der Waals surface area contributed by atoms with E-state index in [9.17, 15) is 9.59 Å². The fraction of sp³-hybridized carbons (Fsp3) is 0.429. The van der Waals surface area contributed by atoms with E-state index in [2.05, 4.69) is 5.32 Å². The third-order valence-corrected chi connectivity index (χ3v) is 2.81. The maximum absolute atomic E-state index is 11.6. The van der Waals surface area contributed by atoms with Crippen molar-refractivity contribution in [3.63, 3.8) is 0 Å². The number of amides is 1. The molecule has 0 aliphatic carbocycles. The van der Waals surface area contributed by atoms with Crippen molar-refractivity contribution in [1.29, 1.82) is 0 Å². The van der Waals surface area contributed by atoms with Crippen LogP contribution in [0.25, 0.3) is 0 Å². The molecule has 6 heteroatoms. The minimum absolute atomic E-state index is 0.0925. The molecule has 0 fully saturated rings. The van der Waals surface area contributed by atoms with Crippen molar-refractivity contribution in [2.75, 3.05) is 20.3 Å². The van der Waals surface area contributed by atoms with E-state index in [1.165, 1.54) is 7.11 Å². The lowest BCUT2D eigenvalue weighted by atomic mass is 10.1. The Morgan fingerprint density at radius 1 is 1.30 bits per heavy atom. The van der Waals surface area contributed by atoms with Crippen LogP contribution in [0.15, 0.2) is 18.2 Å². The molecule has 0 aromatic heterocycles. The van der Waals surface area contributed by atoms with Crippen LogP contribution in [-0.4, -0.2) is 43.3 Å². The van der Waals surface area contributed by atoms with Crippen molar-refractivity contribution in [1.82, 2.24) is 5.32 Å². The number of carboxylic acids is 1. The maximum Gasteiger partial charge on any atom is 0.328 e. The molecule has 1 atom stereocenters. The second kappa shape index (κ2) is 7.49. The van der Waals surface area contributed by atoms with E-state index in [-0.39, 0.29) is 13.2 Å². The number of hydrogen-bond donors (Lipinski definition) is 2. The molecule has 0 spiro atoms. The first-order valence-corrected chi connectivity index (χ1v) is 6.15. The van der Waals surface area contributed by atoms with Crippen molar-refractivity contribution < 1.29 is 24.2 Å². The van der Waals surface area contributed by atoms with Crippen molar-refractivity contribution >= 4 is 11.9 Å². The second-order valence-electron chi connectivity index (χ2n) is 4.45. The molecule has 0 saturated carbocycles. The van der Waals surface area contributed by atoms with E-state index in [0.29, 0.717) is 5.75 Å². The van der Waals surface area contributed by atoms with Crippen LogP contribution in [-0.2, 0) is 14.3 Å². The van der Waals surface area contributed by atoms with Gasteiger partial charge in [0.25, 0.3) is 5.91 Å². The summed E-state index contributed by atoms with van der Waals surface area (Å²) in [6.07, 6.45) is 0. The predicted molar refractivity (Wildman–Crippen MR) is 72.9 cm³/mol. The molecular formula is C14H19NO5. The zero-order chi connectivity index (χ0) is 15.1. The van der Waals surface area contributed by atoms with E-state index in [4.69, 9.17) is 14.6 Å². The fourth-order valence-electron chi connectivity index (χ4n) is 1.53. The van der Waals surface area contributed by atoms with Gasteiger partial charge in [0.2, 0.25) is 0 Å². The molecule has 1 unspecified atom stereocenters. The van der Waals surface area contributed by atoms with Crippen molar-refractivity contribution in [2.45, 2.75) is 19.9 Å². The molecule has 2 N–H and O–H groups in total. The summed E-state index contributed by atoms with van der Waals surface area (Å²) in [5, 5.41) is 11.2. The Balaban J connectivity index is 2.50. The summed E-state index contributed by atoms with van der Waals surface area (Å²) < 4.78 is 10.0. The largest absolute Gasteiger partial charge is 0.484 e. The molecule has 0 radical (unpaired) electrons. The number of hydrogen-bond acceptors (Lipinski definition) is 4. The van der Waals surface area contributed by atoms with Gasteiger partial charge in [-0.25, -0.2) is 4.79 Å². The number of aliphatic carboxylic acids is 1. The number of carboxylic acid groups (broad SMARTS) is 1. The standard InChI is InChI=1S/C14H19NO5/c1-9-4-5-11(6-10(9)2)20-8-13(16)15-12(7-19-3)14(17)18/h4-6,12H,7-8H2,1-3H3,(H,15,16)(H,17,18). The van der Waals surface area contributed by atoms with Crippen LogP contribution >= 0.6 is 0 Å². The number of carbonyl (C=O) groups excluding carboxylic acids is 1. The van der Waals surface area contributed by atoms with Crippen LogP contribution in [0.5, 0.6) is 5.75 Å². The van der Waals surface area contributed by atoms with Crippen LogP contribution in [0.3, 0.4) is 0 Å². The van der Waals surface area contributed by atoms with Crippen LogP contribution in [0.2, 0.25) is 0 Å². The van der Waals surface area contributed by atoms with Gasteiger partial charge in [0, 0.05) is 7.11 Å². The normalized spacial score (nSPS) is 11.8. The lowest BCUT2D eigenvalue weighted by Crippen LogP contribution is -2.45. The molecular weight excluding hydrogens is 262 g/mol. The minimum atomic E-state index is -1.15. The SMILES string of the molecule is COCC(NC(=O)COc1ccc(C)c(C)c1)C(=O)O. The minimum Gasteiger partial charge on any atom is -0.484 e. The third kappa shape index (κ3) is 4.89. The molecule has 0 aliphatic rings. The summed E-state index contributed by atoms with van der Waals surface area (Å²) in [6.45, 7) is 3.59. The Labute approximate surface area is 117 Å². The Morgan fingerprint density at radius 2 is 2.00 bits per heavy atom. The number of benzene rings is 1. The number of carbonyl (C=O) groups is 2. The fourth-order valence-corrected chi connectivity index (χ4v) is 1.53. The van der Waals surface area contributed by atoms with E-state index in [1.54, 1.807) is 6.07 Å². The van der Waals surface area contributed by atoms with Crippen molar-refractivity contribution in [2.24, 2.45) is 0 Å². The highest BCUT2D eigenvalue weighted by Gasteiger charge is 2.19. The first-order chi connectivity index (χ1) is 9.43. The first kappa shape index (κ1) is 16.0. The predicted octanol–water partition coefficient (Wildman–Crippen LogP) is 0.898. The Bertz CT molecular complexity index is 486. The molecule has 0 aliphatic heterocycles. The van der Waals surface area contributed by atoms with Gasteiger partial charge in [-0.1, -0.05) is 6.07 Å². The first-order valence-electron chi connectivity index (χ1n) is 6.15. The maximum atomic E-state index is 11.6. The zero-order valence-corrected chi connectivity index (χ0v) is 11.8. The van der Waals surface area contributed by atoms with Gasteiger partial charge in [-0.2, -0.15) is 0 Å². The summed E-state index contributed by atoms with van der Waals surface area (Å²) in [6, 6.07) is 4.41. The van der Waals surface area contributed by atoms with Crippen molar-refractivity contribution in [3.05, 3.63) is 29.3 Å². The summed E-state index contributed by atoms with van der Waals surface area (Å²) >= 11 is 0. The van der Waals surface area contributed by atoms with Crippen LogP contribution in [0.4, 0.5) is 0 Å². The molecule has 0 heterocycles. The molecule has 20 heavy (non-hydrogen) atoms. The average Bonchev–Trinajstić information content (AvgIpc) is 2.39. The highest BCUT2D eigenvalue weighted by atomic mass is 16.5. The molecule has 1 aromatic rings. The topological polar surface area (TPSA) is 84.9 Å². The smallest absolute Gasteiger partial charge is 0.328 e. The van der Waals surface area contributed by atoms with Gasteiger partial charge in [0.05, 0.1) is 6.61 Å². The van der Waals surface area contributed by atoms with Gasteiger partial charge < -0.3 is 19.9 Å². The molecule has 1 amide bonds. The monoisotopic (exact) mass is 281 g/mol. The van der Waals surface area contributed by atoms with Gasteiger partial charge in [0.15, 0.2) is 12.6 Å². The quantitative estimate of drug-likeness (QED) is 0.775. The van der Waals surface area contributed by atoms with Gasteiger partial charge in [0.1, 0.15) is 5.75 Å². The number of ether oxygens (including phenoxy) is 2. The van der Waals surface area contributed by atoms with E-state index in [0.717, 1.165) is 11.1 Å². The number of aryl methyl sites for hydroxylation is 2. The second-order valence-corrected chi connectivity index (χ2v) is 4.45.